The molecule has 2 aliphatic heterocycles. The molecule has 39 heavy (non-hydrogen) atoms. The van der Waals surface area contributed by atoms with Gasteiger partial charge in [-0.1, -0.05) is 24.8 Å². The van der Waals surface area contributed by atoms with Crippen LogP contribution in [0.15, 0.2) is 72.2 Å². The lowest BCUT2D eigenvalue weighted by Crippen LogP contribution is -2.44. The lowest BCUT2D eigenvalue weighted by atomic mass is 10.1. The molecular formula is C29H29N7O3. The van der Waals surface area contributed by atoms with E-state index >= 15 is 0 Å². The highest BCUT2D eigenvalue weighted by Gasteiger charge is 2.30. The fourth-order valence-electron chi connectivity index (χ4n) is 5.19. The van der Waals surface area contributed by atoms with Crippen LogP contribution in [0.4, 0.5) is 34.4 Å². The lowest BCUT2D eigenvalue weighted by Gasteiger charge is -2.38. The molecule has 0 fully saturated rings. The smallest absolute Gasteiger partial charge is 0.276 e. The summed E-state index contributed by atoms with van der Waals surface area (Å²) in [4.78, 5) is 39.7. The van der Waals surface area contributed by atoms with Gasteiger partial charge >= 0.3 is 0 Å². The van der Waals surface area contributed by atoms with Crippen molar-refractivity contribution >= 4 is 51.3 Å². The molecule has 198 valence electrons. The number of hydrogen-bond acceptors (Lipinski definition) is 8. The minimum atomic E-state index is -0.182. The van der Waals surface area contributed by atoms with Gasteiger partial charge in [0, 0.05) is 42.6 Å². The number of carbonyl (C=O) groups is 1. The molecule has 0 saturated heterocycles. The fraction of sp³-hybridized carbons (Fsp3) is 0.241. The summed E-state index contributed by atoms with van der Waals surface area (Å²) in [7, 11) is 0. The first-order chi connectivity index (χ1) is 19.0. The molecule has 6 rings (SSSR count). The molecule has 2 aromatic heterocycles. The molecule has 0 radical (unpaired) electrons. The van der Waals surface area contributed by atoms with Crippen molar-refractivity contribution in [3.05, 3.63) is 83.3 Å². The molecule has 10 heteroatoms. The van der Waals surface area contributed by atoms with Gasteiger partial charge in [0.25, 0.3) is 11.5 Å². The van der Waals surface area contributed by atoms with E-state index in [-0.39, 0.29) is 11.5 Å². The molecule has 0 saturated carbocycles. The zero-order valence-electron chi connectivity index (χ0n) is 21.7. The van der Waals surface area contributed by atoms with Gasteiger partial charge in [-0.15, -0.1) is 0 Å². The summed E-state index contributed by atoms with van der Waals surface area (Å²) < 4.78 is 7.53. The van der Waals surface area contributed by atoms with Crippen LogP contribution in [0.3, 0.4) is 0 Å². The summed E-state index contributed by atoms with van der Waals surface area (Å²) in [5, 5.41) is 7.33. The third-order valence-corrected chi connectivity index (χ3v) is 7.02. The minimum Gasteiger partial charge on any atom is -0.383 e. The molecule has 10 nitrogen and oxygen atoms in total. The number of aromatic nitrogens is 3. The topological polar surface area (TPSA) is 105 Å². The third kappa shape index (κ3) is 4.59. The number of pyridine rings is 1. The van der Waals surface area contributed by atoms with Crippen molar-refractivity contribution in [1.82, 2.24) is 14.5 Å². The number of carbonyl (C=O) groups excluding carboxylic acids is 1. The van der Waals surface area contributed by atoms with E-state index in [0.29, 0.717) is 56.7 Å². The van der Waals surface area contributed by atoms with Gasteiger partial charge in [-0.25, -0.2) is 4.98 Å². The van der Waals surface area contributed by atoms with Crippen molar-refractivity contribution in [3.63, 3.8) is 0 Å². The van der Waals surface area contributed by atoms with Crippen LogP contribution in [0.1, 0.15) is 5.56 Å². The molecule has 1 amide bonds. The molecule has 4 bridgehead atoms. The Balaban J connectivity index is 1.48. The number of nitrogens with one attached hydrogen (secondary N) is 2. The van der Waals surface area contributed by atoms with E-state index in [1.54, 1.807) is 15.7 Å². The largest absolute Gasteiger partial charge is 0.383 e. The molecular weight excluding hydrogens is 494 g/mol. The molecule has 0 unspecified atom stereocenters. The predicted octanol–water partition coefficient (Wildman–Crippen LogP) is 3.96. The summed E-state index contributed by atoms with van der Waals surface area (Å²) in [6, 6.07) is 15.5. The Bertz CT molecular complexity index is 1650. The number of para-hydroxylation sites is 1. The molecule has 2 N–H and O–H groups in total. The van der Waals surface area contributed by atoms with Crippen LogP contribution in [0, 0.1) is 6.92 Å². The van der Waals surface area contributed by atoms with Crippen LogP contribution < -0.4 is 26.0 Å². The van der Waals surface area contributed by atoms with Crippen molar-refractivity contribution in [2.45, 2.75) is 13.5 Å². The zero-order valence-corrected chi connectivity index (χ0v) is 21.7. The first-order valence-electron chi connectivity index (χ1n) is 12.9. The van der Waals surface area contributed by atoms with Crippen LogP contribution in [0.25, 0.3) is 11.0 Å². The standard InChI is InChI=1S/C29H29N7O3/c1-3-25(37)35-12-11-34(23-9-4-6-19(2)26(23)35)24-16-20-18-31-29-32-22-8-5-7-21(17-22)30-10-14-39-15-13-36(28(24)38)27(20)33-29/h3-9,16-18,30H,1,10-15H2,2H3,(H,31,32,33). The zero-order chi connectivity index (χ0) is 26.9. The molecule has 4 heterocycles. The second-order valence-electron chi connectivity index (χ2n) is 9.49. The average Bonchev–Trinajstić information content (AvgIpc) is 2.95. The van der Waals surface area contributed by atoms with E-state index in [4.69, 9.17) is 9.72 Å². The summed E-state index contributed by atoms with van der Waals surface area (Å²) in [6.07, 6.45) is 3.05. The first-order valence-corrected chi connectivity index (χ1v) is 12.9. The van der Waals surface area contributed by atoms with Crippen molar-refractivity contribution in [2.75, 3.05) is 53.3 Å². The molecule has 2 aromatic carbocycles. The van der Waals surface area contributed by atoms with Crippen LogP contribution in [-0.2, 0) is 16.1 Å². The van der Waals surface area contributed by atoms with E-state index in [1.807, 2.05) is 60.4 Å². The Labute approximate surface area is 225 Å². The summed E-state index contributed by atoms with van der Waals surface area (Å²) in [5.41, 5.74) is 5.17. The predicted molar refractivity (Wildman–Crippen MR) is 154 cm³/mol. The van der Waals surface area contributed by atoms with Crippen LogP contribution in [0.5, 0.6) is 0 Å². The Morgan fingerprint density at radius 1 is 1.05 bits per heavy atom. The second-order valence-corrected chi connectivity index (χ2v) is 9.49. The lowest BCUT2D eigenvalue weighted by molar-refractivity contribution is -0.114. The number of aryl methyl sites for hydroxylation is 1. The molecule has 4 aromatic rings. The summed E-state index contributed by atoms with van der Waals surface area (Å²) in [6.45, 7) is 8.32. The highest BCUT2D eigenvalue weighted by atomic mass is 16.5. The van der Waals surface area contributed by atoms with Gasteiger partial charge < -0.3 is 25.2 Å². The number of amides is 1. The van der Waals surface area contributed by atoms with Crippen LogP contribution >= 0.6 is 0 Å². The Kier molecular flexibility index (Phi) is 6.45. The number of nitrogens with zero attached hydrogens (tertiary/aromatic N) is 5. The molecule has 2 aliphatic rings. The highest BCUT2D eigenvalue weighted by Crippen LogP contribution is 2.39. The average molecular weight is 524 g/mol. The van der Waals surface area contributed by atoms with Gasteiger partial charge in [0.2, 0.25) is 5.95 Å². The Hall–Kier alpha value is -4.70. The number of hydrogen-bond donors (Lipinski definition) is 2. The van der Waals surface area contributed by atoms with Crippen molar-refractivity contribution in [2.24, 2.45) is 0 Å². The first kappa shape index (κ1) is 24.6. The van der Waals surface area contributed by atoms with E-state index in [0.717, 1.165) is 33.7 Å². The van der Waals surface area contributed by atoms with E-state index in [9.17, 15) is 9.59 Å². The maximum atomic E-state index is 14.1. The number of benzene rings is 2. The van der Waals surface area contributed by atoms with Gasteiger partial charge in [-0.2, -0.15) is 4.98 Å². The fourth-order valence-corrected chi connectivity index (χ4v) is 5.19. The van der Waals surface area contributed by atoms with Crippen molar-refractivity contribution < 1.29 is 9.53 Å². The van der Waals surface area contributed by atoms with Gasteiger partial charge in [-0.3, -0.25) is 14.2 Å². The summed E-state index contributed by atoms with van der Waals surface area (Å²) >= 11 is 0. The number of rotatable bonds is 2. The normalized spacial score (nSPS) is 15.2. The maximum Gasteiger partial charge on any atom is 0.276 e. The van der Waals surface area contributed by atoms with E-state index < -0.39 is 0 Å². The maximum absolute atomic E-state index is 14.1. The monoisotopic (exact) mass is 523 g/mol. The highest BCUT2D eigenvalue weighted by molar-refractivity contribution is 6.05. The van der Waals surface area contributed by atoms with Gasteiger partial charge in [0.05, 0.1) is 31.1 Å². The van der Waals surface area contributed by atoms with Gasteiger partial charge in [-0.05, 0) is 48.9 Å². The van der Waals surface area contributed by atoms with Gasteiger partial charge in [0.1, 0.15) is 11.3 Å². The second kappa shape index (κ2) is 10.2. The SMILES string of the molecule is C=CC(=O)N1CCN(c2cc3cnc4nc3n(c2=O)CCOCCNc2cccc(c2)N4)c2cccc(C)c21. The van der Waals surface area contributed by atoms with Gasteiger partial charge in [0.15, 0.2) is 0 Å². The minimum absolute atomic E-state index is 0.167. The van der Waals surface area contributed by atoms with Crippen LogP contribution in [0.2, 0.25) is 0 Å². The summed E-state index contributed by atoms with van der Waals surface area (Å²) in [5.74, 6) is 0.232. The molecule has 0 spiro atoms. The number of fused-ring (bicyclic) bond motifs is 4. The third-order valence-electron chi connectivity index (χ3n) is 7.02. The number of anilines is 6. The quantitative estimate of drug-likeness (QED) is 0.381. The molecule has 0 atom stereocenters. The Morgan fingerprint density at radius 2 is 1.90 bits per heavy atom. The number of ether oxygens (including phenoxy) is 1. The van der Waals surface area contributed by atoms with Crippen LogP contribution in [-0.4, -0.2) is 53.3 Å². The van der Waals surface area contributed by atoms with Crippen molar-refractivity contribution in [3.8, 4) is 0 Å². The van der Waals surface area contributed by atoms with Crippen molar-refractivity contribution in [1.29, 1.82) is 0 Å². The van der Waals surface area contributed by atoms with E-state index in [2.05, 4.69) is 22.2 Å². The Morgan fingerprint density at radius 3 is 2.77 bits per heavy atom. The molecule has 0 aliphatic carbocycles. The van der Waals surface area contributed by atoms with E-state index in [1.165, 1.54) is 6.08 Å².